The van der Waals surface area contributed by atoms with Crippen molar-refractivity contribution in [2.24, 2.45) is 0 Å². The molecule has 2 atom stereocenters. The highest BCUT2D eigenvalue weighted by Crippen LogP contribution is 2.23. The van der Waals surface area contributed by atoms with Crippen molar-refractivity contribution in [3.8, 4) is 0 Å². The van der Waals surface area contributed by atoms with Crippen LogP contribution in [-0.2, 0) is 0 Å². The molecule has 0 aliphatic rings. The van der Waals surface area contributed by atoms with Crippen molar-refractivity contribution in [2.45, 2.75) is 25.6 Å². The first-order chi connectivity index (χ1) is 7.06. The molecule has 1 aromatic carbocycles. The third-order valence-electron chi connectivity index (χ3n) is 2.34. The quantitative estimate of drug-likeness (QED) is 0.691. The van der Waals surface area contributed by atoms with Crippen LogP contribution in [0.3, 0.4) is 0 Å². The SMILES string of the molecule is Cc1cc(F)ccc1C(O)C(O)CCS. The van der Waals surface area contributed by atoms with Gasteiger partial charge in [-0.1, -0.05) is 6.07 Å². The minimum Gasteiger partial charge on any atom is -0.390 e. The molecule has 1 rings (SSSR count). The molecule has 2 N–H and O–H groups in total. The van der Waals surface area contributed by atoms with Crippen LogP contribution in [0.15, 0.2) is 18.2 Å². The third-order valence-corrected chi connectivity index (χ3v) is 2.60. The first-order valence-electron chi connectivity index (χ1n) is 4.79. The van der Waals surface area contributed by atoms with Crippen molar-refractivity contribution >= 4 is 12.6 Å². The molecule has 2 nitrogen and oxygen atoms in total. The third kappa shape index (κ3) is 3.19. The maximum atomic E-state index is 12.8. The maximum absolute atomic E-state index is 12.8. The van der Waals surface area contributed by atoms with Gasteiger partial charge in [-0.3, -0.25) is 0 Å². The van der Waals surface area contributed by atoms with E-state index in [2.05, 4.69) is 12.6 Å². The van der Waals surface area contributed by atoms with Gasteiger partial charge in [0.1, 0.15) is 11.9 Å². The molecule has 0 aliphatic heterocycles. The van der Waals surface area contributed by atoms with Crippen LogP contribution in [0.25, 0.3) is 0 Å². The van der Waals surface area contributed by atoms with E-state index in [1.807, 2.05) is 0 Å². The Hall–Kier alpha value is -0.580. The van der Waals surface area contributed by atoms with E-state index in [1.54, 1.807) is 6.92 Å². The number of aliphatic hydroxyl groups excluding tert-OH is 2. The van der Waals surface area contributed by atoms with E-state index in [-0.39, 0.29) is 5.82 Å². The number of aliphatic hydroxyl groups is 2. The van der Waals surface area contributed by atoms with Crippen LogP contribution in [0, 0.1) is 12.7 Å². The second-order valence-electron chi connectivity index (χ2n) is 3.53. The summed E-state index contributed by atoms with van der Waals surface area (Å²) in [7, 11) is 0. The zero-order valence-electron chi connectivity index (χ0n) is 8.52. The minimum atomic E-state index is -0.974. The second-order valence-corrected chi connectivity index (χ2v) is 3.97. The van der Waals surface area contributed by atoms with Crippen LogP contribution < -0.4 is 0 Å². The lowest BCUT2D eigenvalue weighted by Crippen LogP contribution is -2.19. The Labute approximate surface area is 94.2 Å². The molecule has 0 spiro atoms. The predicted molar refractivity (Wildman–Crippen MR) is 60.6 cm³/mol. The van der Waals surface area contributed by atoms with Crippen molar-refractivity contribution in [1.82, 2.24) is 0 Å². The van der Waals surface area contributed by atoms with E-state index in [4.69, 9.17) is 0 Å². The van der Waals surface area contributed by atoms with Gasteiger partial charge in [0.25, 0.3) is 0 Å². The maximum Gasteiger partial charge on any atom is 0.123 e. The van der Waals surface area contributed by atoms with Crippen LogP contribution in [-0.4, -0.2) is 22.1 Å². The number of hydrogen-bond acceptors (Lipinski definition) is 3. The molecule has 0 bridgehead atoms. The normalized spacial score (nSPS) is 15.0. The largest absolute Gasteiger partial charge is 0.390 e. The lowest BCUT2D eigenvalue weighted by atomic mass is 9.98. The van der Waals surface area contributed by atoms with Gasteiger partial charge in [-0.15, -0.1) is 0 Å². The summed E-state index contributed by atoms with van der Waals surface area (Å²) >= 11 is 3.98. The lowest BCUT2D eigenvalue weighted by molar-refractivity contribution is 0.0168. The van der Waals surface area contributed by atoms with Crippen LogP contribution >= 0.6 is 12.6 Å². The van der Waals surface area contributed by atoms with Gasteiger partial charge in [0.15, 0.2) is 0 Å². The molecule has 0 radical (unpaired) electrons. The lowest BCUT2D eigenvalue weighted by Gasteiger charge is -2.19. The number of aryl methyl sites for hydroxylation is 1. The van der Waals surface area contributed by atoms with Gasteiger partial charge in [0.2, 0.25) is 0 Å². The molecule has 2 unspecified atom stereocenters. The van der Waals surface area contributed by atoms with Crippen LogP contribution in [0.4, 0.5) is 4.39 Å². The molecule has 0 saturated heterocycles. The van der Waals surface area contributed by atoms with Crippen molar-refractivity contribution in [2.75, 3.05) is 5.75 Å². The molecule has 84 valence electrons. The number of halogens is 1. The number of thiol groups is 1. The first-order valence-corrected chi connectivity index (χ1v) is 5.42. The Kier molecular flexibility index (Phi) is 4.57. The highest BCUT2D eigenvalue weighted by Gasteiger charge is 2.19. The van der Waals surface area contributed by atoms with E-state index >= 15 is 0 Å². The summed E-state index contributed by atoms with van der Waals surface area (Å²) in [5.74, 6) is 0.158. The topological polar surface area (TPSA) is 40.5 Å². The summed E-state index contributed by atoms with van der Waals surface area (Å²) in [6, 6.07) is 4.11. The van der Waals surface area contributed by atoms with Crippen molar-refractivity contribution in [3.63, 3.8) is 0 Å². The van der Waals surface area contributed by atoms with Crippen molar-refractivity contribution < 1.29 is 14.6 Å². The molecule has 0 aliphatic carbocycles. The van der Waals surface area contributed by atoms with Gasteiger partial charge < -0.3 is 10.2 Å². The average Bonchev–Trinajstić information content (AvgIpc) is 2.17. The van der Waals surface area contributed by atoms with Gasteiger partial charge in [0.05, 0.1) is 6.10 Å². The number of hydrogen-bond donors (Lipinski definition) is 3. The van der Waals surface area contributed by atoms with Crippen molar-refractivity contribution in [3.05, 3.63) is 35.1 Å². The van der Waals surface area contributed by atoms with Crippen molar-refractivity contribution in [1.29, 1.82) is 0 Å². The van der Waals surface area contributed by atoms with Crippen LogP contribution in [0.2, 0.25) is 0 Å². The van der Waals surface area contributed by atoms with E-state index in [9.17, 15) is 14.6 Å². The standard InChI is InChI=1S/C11H15FO2S/c1-7-6-8(12)2-3-9(7)11(14)10(13)4-5-15/h2-3,6,10-11,13-15H,4-5H2,1H3. The Morgan fingerprint density at radius 2 is 2.07 bits per heavy atom. The van der Waals surface area contributed by atoms with Gasteiger partial charge >= 0.3 is 0 Å². The molecule has 0 saturated carbocycles. The fraction of sp³-hybridized carbons (Fsp3) is 0.455. The van der Waals surface area contributed by atoms with Gasteiger partial charge in [-0.2, -0.15) is 12.6 Å². The average molecular weight is 230 g/mol. The van der Waals surface area contributed by atoms with E-state index in [0.29, 0.717) is 23.3 Å². The molecular formula is C11H15FO2S. The molecular weight excluding hydrogens is 215 g/mol. The minimum absolute atomic E-state index is 0.341. The molecule has 0 heterocycles. The van der Waals surface area contributed by atoms with Crippen LogP contribution in [0.1, 0.15) is 23.7 Å². The van der Waals surface area contributed by atoms with E-state index < -0.39 is 12.2 Å². The van der Waals surface area contributed by atoms with Gasteiger partial charge in [0, 0.05) is 0 Å². The van der Waals surface area contributed by atoms with Gasteiger partial charge in [-0.25, -0.2) is 4.39 Å². The van der Waals surface area contributed by atoms with E-state index in [0.717, 1.165) is 0 Å². The Morgan fingerprint density at radius 1 is 1.40 bits per heavy atom. The molecule has 0 aromatic heterocycles. The zero-order chi connectivity index (χ0) is 11.4. The van der Waals surface area contributed by atoms with E-state index in [1.165, 1.54) is 18.2 Å². The Balaban J connectivity index is 2.86. The fourth-order valence-electron chi connectivity index (χ4n) is 1.47. The summed E-state index contributed by atoms with van der Waals surface area (Å²) < 4.78 is 12.8. The second kappa shape index (κ2) is 5.49. The fourth-order valence-corrected chi connectivity index (χ4v) is 1.73. The Morgan fingerprint density at radius 3 is 2.60 bits per heavy atom. The summed E-state index contributed by atoms with van der Waals surface area (Å²) in [6.45, 7) is 1.70. The molecule has 0 amide bonds. The zero-order valence-corrected chi connectivity index (χ0v) is 9.41. The summed E-state index contributed by atoms with van der Waals surface area (Å²) in [5.41, 5.74) is 1.20. The summed E-state index contributed by atoms with van der Waals surface area (Å²) in [4.78, 5) is 0. The predicted octanol–water partition coefficient (Wildman–Crippen LogP) is 1.85. The smallest absolute Gasteiger partial charge is 0.123 e. The van der Waals surface area contributed by atoms with Gasteiger partial charge in [-0.05, 0) is 42.4 Å². The Bertz CT molecular complexity index is 330. The summed E-state index contributed by atoms with van der Waals surface area (Å²) in [6.07, 6.45) is -1.43. The first kappa shape index (κ1) is 12.5. The molecule has 15 heavy (non-hydrogen) atoms. The molecule has 1 aromatic rings. The highest BCUT2D eigenvalue weighted by atomic mass is 32.1. The molecule has 4 heteroatoms. The highest BCUT2D eigenvalue weighted by molar-refractivity contribution is 7.80. The summed E-state index contributed by atoms with van der Waals surface area (Å²) in [5, 5.41) is 19.4. The molecule has 0 fully saturated rings. The number of rotatable bonds is 4. The monoisotopic (exact) mass is 230 g/mol. The number of benzene rings is 1. The van der Waals surface area contributed by atoms with Crippen LogP contribution in [0.5, 0.6) is 0 Å².